The van der Waals surface area contributed by atoms with Crippen molar-refractivity contribution < 1.29 is 8.78 Å². The number of imidazole rings is 1. The van der Waals surface area contributed by atoms with Gasteiger partial charge in [-0.15, -0.1) is 0 Å². The second kappa shape index (κ2) is 9.19. The number of nitrogens with zero attached hydrogens (tertiary/aromatic N) is 1. The smallest absolute Gasteiger partial charge is 0.144 e. The largest absolute Gasteiger partial charge is 0.397 e. The number of hydrogen-bond acceptors (Lipinski definition) is 3. The van der Waals surface area contributed by atoms with Gasteiger partial charge in [0.25, 0.3) is 0 Å². The third-order valence-corrected chi connectivity index (χ3v) is 5.62. The minimum atomic E-state index is -0.678. The highest BCUT2D eigenvalue weighted by molar-refractivity contribution is 5.84. The average Bonchev–Trinajstić information content (AvgIpc) is 3.29. The number of hydrogen-bond donors (Lipinski definition) is 3. The first-order chi connectivity index (χ1) is 16.6. The minimum absolute atomic E-state index is 0.125. The zero-order chi connectivity index (χ0) is 23.5. The van der Waals surface area contributed by atoms with Crippen molar-refractivity contribution in [3.63, 3.8) is 0 Å². The maximum Gasteiger partial charge on any atom is 0.144 e. The highest BCUT2D eigenvalue weighted by atomic mass is 19.1. The van der Waals surface area contributed by atoms with Crippen molar-refractivity contribution in [1.29, 1.82) is 0 Å². The highest BCUT2D eigenvalue weighted by Gasteiger charge is 2.20. The summed E-state index contributed by atoms with van der Waals surface area (Å²) in [7, 11) is 0. The summed E-state index contributed by atoms with van der Waals surface area (Å²) in [6.07, 6.45) is 0. The first-order valence-electron chi connectivity index (χ1n) is 10.9. The van der Waals surface area contributed by atoms with Crippen LogP contribution in [0, 0.1) is 11.6 Å². The molecular formula is C28H22F2N4. The van der Waals surface area contributed by atoms with E-state index in [1.165, 1.54) is 18.2 Å². The molecule has 0 aliphatic heterocycles. The molecule has 0 aliphatic rings. The summed E-state index contributed by atoms with van der Waals surface area (Å²) >= 11 is 0. The van der Waals surface area contributed by atoms with Gasteiger partial charge in [-0.2, -0.15) is 0 Å². The van der Waals surface area contributed by atoms with Crippen molar-refractivity contribution in [2.24, 2.45) is 0 Å². The molecular weight excluding hydrogens is 430 g/mol. The third-order valence-electron chi connectivity index (χ3n) is 5.62. The highest BCUT2D eigenvalue weighted by Crippen LogP contribution is 2.36. The number of aromatic nitrogens is 2. The van der Waals surface area contributed by atoms with Gasteiger partial charge in [0.15, 0.2) is 0 Å². The Bertz CT molecular complexity index is 1410. The molecule has 4 nitrogen and oxygen atoms in total. The van der Waals surface area contributed by atoms with E-state index in [0.29, 0.717) is 23.6 Å². The van der Waals surface area contributed by atoms with E-state index < -0.39 is 11.6 Å². The normalized spacial score (nSPS) is 10.9. The molecule has 1 aromatic heterocycles. The lowest BCUT2D eigenvalue weighted by molar-refractivity contribution is 0.588. The van der Waals surface area contributed by atoms with Gasteiger partial charge in [0.1, 0.15) is 17.5 Å². The molecule has 5 rings (SSSR count). The van der Waals surface area contributed by atoms with E-state index in [9.17, 15) is 8.78 Å². The van der Waals surface area contributed by atoms with Crippen LogP contribution in [0.5, 0.6) is 0 Å². The molecule has 1 heterocycles. The van der Waals surface area contributed by atoms with Crippen molar-refractivity contribution in [2.45, 2.75) is 6.54 Å². The second-order valence-electron chi connectivity index (χ2n) is 7.91. The van der Waals surface area contributed by atoms with E-state index in [1.54, 1.807) is 0 Å². The molecule has 0 radical (unpaired) electrons. The van der Waals surface area contributed by atoms with E-state index in [-0.39, 0.29) is 11.4 Å². The Balaban J connectivity index is 1.59. The predicted octanol–water partition coefficient (Wildman–Crippen LogP) is 6.88. The van der Waals surface area contributed by atoms with Gasteiger partial charge < -0.3 is 16.0 Å². The molecule has 0 fully saturated rings. The fraction of sp³-hybridized carbons (Fsp3) is 0.0357. The van der Waals surface area contributed by atoms with E-state index in [0.717, 1.165) is 22.4 Å². The van der Waals surface area contributed by atoms with Crippen molar-refractivity contribution in [1.82, 2.24) is 9.97 Å². The molecule has 0 bridgehead atoms. The third kappa shape index (κ3) is 4.26. The van der Waals surface area contributed by atoms with Crippen LogP contribution in [0.4, 0.5) is 20.2 Å². The quantitative estimate of drug-likeness (QED) is 0.246. The van der Waals surface area contributed by atoms with Crippen LogP contribution in [0.2, 0.25) is 0 Å². The monoisotopic (exact) mass is 452 g/mol. The van der Waals surface area contributed by atoms with Crippen molar-refractivity contribution in [2.75, 3.05) is 11.1 Å². The van der Waals surface area contributed by atoms with Gasteiger partial charge in [-0.25, -0.2) is 13.8 Å². The van der Waals surface area contributed by atoms with Crippen LogP contribution in [-0.2, 0) is 6.54 Å². The van der Waals surface area contributed by atoms with E-state index in [4.69, 9.17) is 5.73 Å². The molecule has 34 heavy (non-hydrogen) atoms. The van der Waals surface area contributed by atoms with Crippen LogP contribution in [0.1, 0.15) is 5.56 Å². The first-order valence-corrected chi connectivity index (χ1v) is 10.9. The first kappa shape index (κ1) is 21.4. The standard InChI is InChI=1S/C28H22F2N4/c29-21-12-7-13-22(30)25(21)28-33-26(19-10-5-2-6-11-19)27(34-28)20-14-15-23(31)24(16-20)32-17-18-8-3-1-4-9-18/h1-16,32H,17,31H2,(H,33,34). The van der Waals surface area contributed by atoms with Crippen molar-refractivity contribution in [3.8, 4) is 33.9 Å². The number of rotatable bonds is 6. The lowest BCUT2D eigenvalue weighted by Gasteiger charge is -2.12. The molecule has 4 N–H and O–H groups in total. The summed E-state index contributed by atoms with van der Waals surface area (Å²) in [5, 5.41) is 3.38. The number of aromatic amines is 1. The summed E-state index contributed by atoms with van der Waals surface area (Å²) in [6, 6.07) is 28.9. The number of halogens is 2. The van der Waals surface area contributed by atoms with Crippen LogP contribution < -0.4 is 11.1 Å². The number of benzene rings is 4. The maximum absolute atomic E-state index is 14.5. The fourth-order valence-electron chi connectivity index (χ4n) is 3.89. The fourth-order valence-corrected chi connectivity index (χ4v) is 3.89. The molecule has 0 saturated heterocycles. The summed E-state index contributed by atoms with van der Waals surface area (Å²) in [4.78, 5) is 7.76. The lowest BCUT2D eigenvalue weighted by Crippen LogP contribution is -2.02. The average molecular weight is 453 g/mol. The summed E-state index contributed by atoms with van der Waals surface area (Å²) < 4.78 is 29.1. The molecule has 0 atom stereocenters. The number of nitrogens with one attached hydrogen (secondary N) is 2. The molecule has 5 aromatic rings. The zero-order valence-corrected chi connectivity index (χ0v) is 18.2. The molecule has 6 heteroatoms. The van der Waals surface area contributed by atoms with Crippen LogP contribution in [0.25, 0.3) is 33.9 Å². The molecule has 0 saturated carbocycles. The Morgan fingerprint density at radius 1 is 0.765 bits per heavy atom. The molecule has 4 aromatic carbocycles. The SMILES string of the molecule is Nc1ccc(-c2[nH]c(-c3c(F)cccc3F)nc2-c2ccccc2)cc1NCc1ccccc1. The minimum Gasteiger partial charge on any atom is -0.397 e. The van der Waals surface area contributed by atoms with Crippen molar-refractivity contribution >= 4 is 11.4 Å². The van der Waals surface area contributed by atoms with Gasteiger partial charge in [0, 0.05) is 17.7 Å². The van der Waals surface area contributed by atoms with E-state index in [2.05, 4.69) is 15.3 Å². The number of nitrogen functional groups attached to an aromatic ring is 1. The Kier molecular flexibility index (Phi) is 5.79. The molecule has 0 amide bonds. The van der Waals surface area contributed by atoms with Crippen molar-refractivity contribution in [3.05, 3.63) is 114 Å². The summed E-state index contributed by atoms with van der Waals surface area (Å²) in [5.74, 6) is -1.23. The van der Waals surface area contributed by atoms with Crippen LogP contribution in [0.3, 0.4) is 0 Å². The zero-order valence-electron chi connectivity index (χ0n) is 18.2. The number of anilines is 2. The predicted molar refractivity (Wildman–Crippen MR) is 133 cm³/mol. The maximum atomic E-state index is 14.5. The molecule has 168 valence electrons. The molecule has 0 unspecified atom stereocenters. The van der Waals surface area contributed by atoms with E-state index >= 15 is 0 Å². The van der Waals surface area contributed by atoms with Gasteiger partial charge in [-0.1, -0.05) is 72.8 Å². The number of nitrogens with two attached hydrogens (primary N) is 1. The lowest BCUT2D eigenvalue weighted by atomic mass is 10.0. The van der Waals surface area contributed by atoms with Gasteiger partial charge in [-0.05, 0) is 29.8 Å². The summed E-state index contributed by atoms with van der Waals surface area (Å²) in [5.41, 5.74) is 11.4. The van der Waals surface area contributed by atoms with Crippen LogP contribution in [0.15, 0.2) is 97.1 Å². The van der Waals surface area contributed by atoms with Gasteiger partial charge in [0.2, 0.25) is 0 Å². The van der Waals surface area contributed by atoms with E-state index in [1.807, 2.05) is 78.9 Å². The molecule has 0 aliphatic carbocycles. The van der Waals surface area contributed by atoms with Gasteiger partial charge >= 0.3 is 0 Å². The topological polar surface area (TPSA) is 66.7 Å². The number of H-pyrrole nitrogens is 1. The van der Waals surface area contributed by atoms with Gasteiger partial charge in [-0.3, -0.25) is 0 Å². The molecule has 0 spiro atoms. The summed E-state index contributed by atoms with van der Waals surface area (Å²) in [6.45, 7) is 0.606. The van der Waals surface area contributed by atoms with Crippen LogP contribution >= 0.6 is 0 Å². The van der Waals surface area contributed by atoms with Gasteiger partial charge in [0.05, 0.1) is 28.3 Å². The Labute approximate surface area is 196 Å². The van der Waals surface area contributed by atoms with Crippen LogP contribution in [-0.4, -0.2) is 9.97 Å². The Morgan fingerprint density at radius 2 is 1.44 bits per heavy atom. The second-order valence-corrected chi connectivity index (χ2v) is 7.91. The Morgan fingerprint density at radius 3 is 2.15 bits per heavy atom. The Hall–Kier alpha value is -4.45.